The maximum Gasteiger partial charge on any atom is 0.315 e. The average molecular weight is 341 g/mol. The van der Waals surface area contributed by atoms with E-state index < -0.39 is 11.9 Å². The summed E-state index contributed by atoms with van der Waals surface area (Å²) in [7, 11) is 0. The fourth-order valence-electron chi connectivity index (χ4n) is 3.56. The Bertz CT molecular complexity index is 820. The Hall–Kier alpha value is -2.83. The van der Waals surface area contributed by atoms with Crippen molar-refractivity contribution < 1.29 is 9.59 Å². The van der Waals surface area contributed by atoms with E-state index in [9.17, 15) is 9.59 Å². The lowest BCUT2D eigenvalue weighted by atomic mass is 9.81. The number of fused-ring (bicyclic) bond motifs is 1. The molecular weight excluding hydrogens is 318 g/mol. The van der Waals surface area contributed by atoms with Gasteiger partial charge in [-0.2, -0.15) is 5.10 Å². The number of primary amides is 2. The molecule has 1 aromatic heterocycles. The van der Waals surface area contributed by atoms with Crippen LogP contribution in [0, 0.1) is 5.41 Å². The van der Waals surface area contributed by atoms with Crippen molar-refractivity contribution in [1.82, 2.24) is 14.7 Å². The van der Waals surface area contributed by atoms with Crippen molar-refractivity contribution in [3.63, 3.8) is 0 Å². The molecule has 4 N–H and O–H groups in total. The van der Waals surface area contributed by atoms with Crippen molar-refractivity contribution in [3.8, 4) is 11.3 Å². The summed E-state index contributed by atoms with van der Waals surface area (Å²) in [6, 6.07) is 8.55. The third kappa shape index (κ3) is 2.86. The maximum atomic E-state index is 12.3. The van der Waals surface area contributed by atoms with E-state index in [1.165, 1.54) is 0 Å². The molecule has 0 aliphatic carbocycles. The molecule has 0 radical (unpaired) electrons. The number of rotatable bonds is 2. The molecule has 1 unspecified atom stereocenters. The van der Waals surface area contributed by atoms with Crippen molar-refractivity contribution in [1.29, 1.82) is 0 Å². The molecule has 7 nitrogen and oxygen atoms in total. The Morgan fingerprint density at radius 1 is 1.12 bits per heavy atom. The number of hydrogen-bond acceptors (Lipinski definition) is 3. The molecule has 0 fully saturated rings. The molecule has 0 spiro atoms. The van der Waals surface area contributed by atoms with E-state index in [-0.39, 0.29) is 11.5 Å². The van der Waals surface area contributed by atoms with Gasteiger partial charge in [0.2, 0.25) is 0 Å². The highest BCUT2D eigenvalue weighted by Gasteiger charge is 2.42. The molecule has 2 aromatic rings. The molecule has 0 bridgehead atoms. The number of carbonyl (C=O) groups excluding carboxylic acids is 2. The molecule has 3 amide bonds. The highest BCUT2D eigenvalue weighted by molar-refractivity contribution is 6.00. The van der Waals surface area contributed by atoms with Crippen molar-refractivity contribution in [2.75, 3.05) is 6.54 Å². The van der Waals surface area contributed by atoms with Crippen LogP contribution in [0.2, 0.25) is 0 Å². The topological polar surface area (TPSA) is 107 Å². The van der Waals surface area contributed by atoms with Gasteiger partial charge in [0, 0.05) is 12.1 Å². The van der Waals surface area contributed by atoms with Crippen molar-refractivity contribution in [2.24, 2.45) is 16.9 Å². The predicted molar refractivity (Wildman–Crippen MR) is 94.7 cm³/mol. The predicted octanol–water partition coefficient (Wildman–Crippen LogP) is 2.13. The molecular formula is C18H23N5O2. The first kappa shape index (κ1) is 17.0. The minimum Gasteiger partial charge on any atom is -0.365 e. The van der Waals surface area contributed by atoms with Gasteiger partial charge in [-0.15, -0.1) is 0 Å². The number of carbonyl (C=O) groups is 2. The normalized spacial score (nSPS) is 17.2. The maximum absolute atomic E-state index is 12.3. The summed E-state index contributed by atoms with van der Waals surface area (Å²) in [6.07, 6.45) is 0. The van der Waals surface area contributed by atoms with Crippen LogP contribution in [-0.4, -0.2) is 33.2 Å². The number of benzene rings is 1. The summed E-state index contributed by atoms with van der Waals surface area (Å²) in [5.74, 6) is -0.555. The van der Waals surface area contributed by atoms with Gasteiger partial charge in [-0.3, -0.25) is 9.48 Å². The molecule has 2 heterocycles. The standard InChI is InChI=1S/C18H23N5O2/c1-18(2,3)15-14-12(16(19)24)13(11-7-5-4-6-8-11)21-23(14)10-9-22(15)17(20)25/h4-8,15H,9-10H2,1-3H3,(H2,19,24)(H2,20,25). The van der Waals surface area contributed by atoms with E-state index in [2.05, 4.69) is 5.10 Å². The Morgan fingerprint density at radius 2 is 1.76 bits per heavy atom. The lowest BCUT2D eigenvalue weighted by Crippen LogP contribution is -2.49. The molecule has 1 aromatic carbocycles. The summed E-state index contributed by atoms with van der Waals surface area (Å²) < 4.78 is 1.79. The van der Waals surface area contributed by atoms with Gasteiger partial charge in [-0.05, 0) is 5.41 Å². The van der Waals surface area contributed by atoms with Crippen LogP contribution in [-0.2, 0) is 6.54 Å². The van der Waals surface area contributed by atoms with Crippen LogP contribution < -0.4 is 11.5 Å². The van der Waals surface area contributed by atoms with Gasteiger partial charge in [0.15, 0.2) is 0 Å². The summed E-state index contributed by atoms with van der Waals surface area (Å²) in [6.45, 7) is 6.92. The smallest absolute Gasteiger partial charge is 0.315 e. The largest absolute Gasteiger partial charge is 0.365 e. The average Bonchev–Trinajstić information content (AvgIpc) is 2.93. The van der Waals surface area contributed by atoms with Crippen molar-refractivity contribution in [3.05, 3.63) is 41.6 Å². The summed E-state index contributed by atoms with van der Waals surface area (Å²) in [4.78, 5) is 25.9. The van der Waals surface area contributed by atoms with Gasteiger partial charge >= 0.3 is 6.03 Å². The first-order valence-electron chi connectivity index (χ1n) is 8.24. The lowest BCUT2D eigenvalue weighted by molar-refractivity contribution is 0.0899. The van der Waals surface area contributed by atoms with Gasteiger partial charge in [-0.1, -0.05) is 51.1 Å². The van der Waals surface area contributed by atoms with Crippen LogP contribution in [0.3, 0.4) is 0 Å². The summed E-state index contributed by atoms with van der Waals surface area (Å²) in [5, 5.41) is 4.64. The molecule has 132 valence electrons. The van der Waals surface area contributed by atoms with Crippen LogP contribution in [0.15, 0.2) is 30.3 Å². The van der Waals surface area contributed by atoms with Crippen LogP contribution >= 0.6 is 0 Å². The number of nitrogens with zero attached hydrogens (tertiary/aromatic N) is 3. The quantitative estimate of drug-likeness (QED) is 0.873. The van der Waals surface area contributed by atoms with E-state index in [0.29, 0.717) is 30.0 Å². The van der Waals surface area contributed by atoms with E-state index in [4.69, 9.17) is 11.5 Å². The SMILES string of the molecule is CC(C)(C)C1c2c(C(N)=O)c(-c3ccccc3)nn2CCN1C(N)=O. The fraction of sp³-hybridized carbons (Fsp3) is 0.389. The molecule has 25 heavy (non-hydrogen) atoms. The first-order valence-corrected chi connectivity index (χ1v) is 8.24. The Labute approximate surface area is 146 Å². The molecule has 1 aliphatic heterocycles. The minimum atomic E-state index is -0.555. The molecule has 3 rings (SSSR count). The molecule has 7 heteroatoms. The highest BCUT2D eigenvalue weighted by Crippen LogP contribution is 2.43. The van der Waals surface area contributed by atoms with Crippen LogP contribution in [0.25, 0.3) is 11.3 Å². The van der Waals surface area contributed by atoms with E-state index in [0.717, 1.165) is 5.56 Å². The van der Waals surface area contributed by atoms with Gasteiger partial charge in [0.1, 0.15) is 5.69 Å². The second kappa shape index (κ2) is 5.91. The van der Waals surface area contributed by atoms with Crippen LogP contribution in [0.4, 0.5) is 4.79 Å². The molecule has 0 saturated heterocycles. The zero-order valence-electron chi connectivity index (χ0n) is 14.7. The molecule has 1 aliphatic rings. The van der Waals surface area contributed by atoms with Crippen LogP contribution in [0.1, 0.15) is 42.9 Å². The summed E-state index contributed by atoms with van der Waals surface area (Å²) in [5.41, 5.74) is 13.4. The zero-order valence-corrected chi connectivity index (χ0v) is 14.7. The number of hydrogen-bond donors (Lipinski definition) is 2. The minimum absolute atomic E-state index is 0.342. The van der Waals surface area contributed by atoms with Crippen LogP contribution in [0.5, 0.6) is 0 Å². The third-order valence-electron chi connectivity index (χ3n) is 4.51. The number of nitrogens with two attached hydrogens (primary N) is 2. The van der Waals surface area contributed by atoms with Gasteiger partial charge in [-0.25, -0.2) is 4.79 Å². The van der Waals surface area contributed by atoms with Crippen molar-refractivity contribution in [2.45, 2.75) is 33.4 Å². The highest BCUT2D eigenvalue weighted by atomic mass is 16.2. The van der Waals surface area contributed by atoms with E-state index in [1.807, 2.05) is 51.1 Å². The second-order valence-corrected chi connectivity index (χ2v) is 7.36. The van der Waals surface area contributed by atoms with Crippen molar-refractivity contribution >= 4 is 11.9 Å². The number of urea groups is 1. The lowest BCUT2D eigenvalue weighted by Gasteiger charge is -2.42. The summed E-state index contributed by atoms with van der Waals surface area (Å²) >= 11 is 0. The zero-order chi connectivity index (χ0) is 18.4. The van der Waals surface area contributed by atoms with Gasteiger partial charge < -0.3 is 16.4 Å². The number of amides is 3. The van der Waals surface area contributed by atoms with E-state index in [1.54, 1.807) is 9.58 Å². The fourth-order valence-corrected chi connectivity index (χ4v) is 3.56. The molecule has 1 atom stereocenters. The Morgan fingerprint density at radius 3 is 2.28 bits per heavy atom. The van der Waals surface area contributed by atoms with Gasteiger partial charge in [0.25, 0.3) is 5.91 Å². The molecule has 0 saturated carbocycles. The third-order valence-corrected chi connectivity index (χ3v) is 4.51. The van der Waals surface area contributed by atoms with Gasteiger partial charge in [0.05, 0.1) is 23.8 Å². The second-order valence-electron chi connectivity index (χ2n) is 7.36. The number of aromatic nitrogens is 2. The monoisotopic (exact) mass is 341 g/mol. The van der Waals surface area contributed by atoms with E-state index >= 15 is 0 Å². The Kier molecular flexibility index (Phi) is 4.02. The first-order chi connectivity index (χ1) is 11.7. The Balaban J connectivity index is 2.28.